The first-order chi connectivity index (χ1) is 18.8. The van der Waals surface area contributed by atoms with Crippen LogP contribution in [-0.2, 0) is 17.1 Å². The summed E-state index contributed by atoms with van der Waals surface area (Å²) in [5, 5.41) is 0. The average Bonchev–Trinajstić information content (AvgIpc) is 3.72. The minimum atomic E-state index is 0. The summed E-state index contributed by atoms with van der Waals surface area (Å²) < 4.78 is 0. The fourth-order valence-electron chi connectivity index (χ4n) is 10.3. The van der Waals surface area contributed by atoms with E-state index in [9.17, 15) is 0 Å². The van der Waals surface area contributed by atoms with Gasteiger partial charge in [-0.1, -0.05) is 138 Å². The molecule has 3 heteroatoms. The molecule has 0 aliphatic heterocycles. The SMILES string of the molecule is C1CCCC1.C[C@@H](C1CCCC1P(C1CCCCC1)C1CCCCC1)P(C1CCCCC1)C1CCCCC1.[CH3-].[CH3-].[Fe+2]. The van der Waals surface area contributed by atoms with Crippen LogP contribution in [0.15, 0.2) is 0 Å². The van der Waals surface area contributed by atoms with Crippen molar-refractivity contribution < 1.29 is 17.1 Å². The van der Waals surface area contributed by atoms with Crippen molar-refractivity contribution >= 4 is 15.8 Å². The van der Waals surface area contributed by atoms with Crippen LogP contribution in [0.5, 0.6) is 0 Å². The largest absolute Gasteiger partial charge is 2.00 e. The Bertz CT molecular complexity index is 583. The van der Waals surface area contributed by atoms with Gasteiger partial charge in [0.2, 0.25) is 0 Å². The van der Waals surface area contributed by atoms with Crippen LogP contribution in [0.2, 0.25) is 0 Å². The van der Waals surface area contributed by atoms with Gasteiger partial charge in [-0.15, -0.1) is 0 Å². The van der Waals surface area contributed by atoms with Gasteiger partial charge in [0, 0.05) is 0 Å². The molecule has 0 aromatic carbocycles. The second kappa shape index (κ2) is 21.2. The molecule has 0 aromatic heterocycles. The Hall–Kier alpha value is 1.38. The molecule has 0 nitrogen and oxygen atoms in total. The summed E-state index contributed by atoms with van der Waals surface area (Å²) in [6.07, 6.45) is 44.0. The Morgan fingerprint density at radius 3 is 1.07 bits per heavy atom. The second-order valence-corrected chi connectivity index (χ2v) is 20.9. The van der Waals surface area contributed by atoms with Gasteiger partial charge in [-0.05, 0) is 104 Å². The first kappa shape index (κ1) is 38.6. The molecular weight excluding hydrogens is 574 g/mol. The third kappa shape index (κ3) is 11.0. The summed E-state index contributed by atoms with van der Waals surface area (Å²) in [5.41, 5.74) is 6.93. The molecule has 0 aromatic rings. The van der Waals surface area contributed by atoms with Crippen LogP contribution in [0.25, 0.3) is 0 Å². The van der Waals surface area contributed by atoms with E-state index in [2.05, 4.69) is 6.92 Å². The maximum absolute atomic E-state index is 2.85. The van der Waals surface area contributed by atoms with E-state index in [0.29, 0.717) is 0 Å². The van der Waals surface area contributed by atoms with Gasteiger partial charge in [-0.2, -0.15) is 0 Å². The van der Waals surface area contributed by atoms with Gasteiger partial charge < -0.3 is 14.9 Å². The quantitative estimate of drug-likeness (QED) is 0.147. The zero-order chi connectivity index (χ0) is 26.0. The van der Waals surface area contributed by atoms with E-state index in [1.54, 1.807) is 148 Å². The number of rotatable bonds is 7. The zero-order valence-corrected chi connectivity index (χ0v) is 31.0. The molecule has 0 spiro atoms. The van der Waals surface area contributed by atoms with E-state index >= 15 is 0 Å². The molecule has 0 heterocycles. The predicted octanol–water partition coefficient (Wildman–Crippen LogP) is 13.7. The normalized spacial score (nSPS) is 29.6. The molecule has 6 fully saturated rings. The van der Waals surface area contributed by atoms with Crippen LogP contribution in [0.4, 0.5) is 0 Å². The number of hydrogen-bond acceptors (Lipinski definition) is 0. The van der Waals surface area contributed by atoms with E-state index in [0.717, 1.165) is 22.9 Å². The summed E-state index contributed by atoms with van der Waals surface area (Å²) in [4.78, 5) is 0. The van der Waals surface area contributed by atoms with Crippen molar-refractivity contribution in [2.75, 3.05) is 0 Å². The Balaban J connectivity index is 0.000000667. The van der Waals surface area contributed by atoms with Crippen molar-refractivity contribution in [3.8, 4) is 0 Å². The topological polar surface area (TPSA) is 0 Å². The first-order valence-electron chi connectivity index (χ1n) is 18.4. The zero-order valence-electron chi connectivity index (χ0n) is 28.1. The molecule has 6 aliphatic carbocycles. The molecule has 3 atom stereocenters. The van der Waals surface area contributed by atoms with Crippen molar-refractivity contribution in [2.45, 2.75) is 221 Å². The monoisotopic (exact) mass is 646 g/mol. The molecule has 6 aliphatic rings. The van der Waals surface area contributed by atoms with Gasteiger partial charge in [-0.25, -0.2) is 0 Å². The van der Waals surface area contributed by atoms with Crippen LogP contribution in [0.3, 0.4) is 0 Å². The predicted molar refractivity (Wildman–Crippen MR) is 188 cm³/mol. The molecule has 0 amide bonds. The van der Waals surface area contributed by atoms with Crippen LogP contribution >= 0.6 is 15.8 Å². The van der Waals surface area contributed by atoms with Crippen LogP contribution in [0.1, 0.15) is 187 Å². The van der Waals surface area contributed by atoms with E-state index < -0.39 is 0 Å². The van der Waals surface area contributed by atoms with E-state index in [1.807, 2.05) is 0 Å². The molecule has 0 radical (unpaired) electrons. The Morgan fingerprint density at radius 2 is 0.707 bits per heavy atom. The molecule has 41 heavy (non-hydrogen) atoms. The van der Waals surface area contributed by atoms with Gasteiger partial charge in [0.1, 0.15) is 0 Å². The summed E-state index contributed by atoms with van der Waals surface area (Å²) in [6, 6.07) is 0. The van der Waals surface area contributed by atoms with Gasteiger partial charge in [-0.3, -0.25) is 0 Å². The molecule has 0 bridgehead atoms. The van der Waals surface area contributed by atoms with Gasteiger partial charge >= 0.3 is 17.1 Å². The van der Waals surface area contributed by atoms with Gasteiger partial charge in [0.05, 0.1) is 0 Å². The Kier molecular flexibility index (Phi) is 20.0. The molecule has 2 unspecified atom stereocenters. The standard InChI is InChI=1S/C31H56P2.C5H10.2CH3.Fe/c1-25(32(26-15-6-2-7-16-26)27-17-8-3-9-18-27)30-23-14-24-31(30)33(28-19-10-4-11-20-28)29-21-12-5-13-22-29;1-2-4-5-3-1;;;/h25-31H,2-24H2,1H3;1-5H2;2*1H3;/q;;2*-1;+2/t25-,30?,31?;;;;/m0..../s1. The molecule has 0 N–H and O–H groups in total. The smallest absolute Gasteiger partial charge is 0.358 e. The van der Waals surface area contributed by atoms with Crippen molar-refractivity contribution in [1.82, 2.24) is 0 Å². The first-order valence-corrected chi connectivity index (χ1v) is 21.5. The number of hydrogen-bond donors (Lipinski definition) is 0. The van der Waals surface area contributed by atoms with Crippen molar-refractivity contribution in [3.05, 3.63) is 14.9 Å². The molecule has 6 rings (SSSR count). The van der Waals surface area contributed by atoms with Crippen molar-refractivity contribution in [1.29, 1.82) is 0 Å². The maximum Gasteiger partial charge on any atom is 2.00 e. The van der Waals surface area contributed by atoms with Gasteiger partial charge in [0.25, 0.3) is 0 Å². The summed E-state index contributed by atoms with van der Waals surface area (Å²) in [6.45, 7) is 2.85. The van der Waals surface area contributed by atoms with Crippen LogP contribution < -0.4 is 0 Å². The van der Waals surface area contributed by atoms with Crippen molar-refractivity contribution in [3.63, 3.8) is 0 Å². The fraction of sp³-hybridized carbons (Fsp3) is 0.947. The Labute approximate surface area is 273 Å². The fourth-order valence-corrected chi connectivity index (χ4v) is 20.0. The van der Waals surface area contributed by atoms with Crippen LogP contribution in [0, 0.1) is 20.8 Å². The van der Waals surface area contributed by atoms with Crippen LogP contribution in [-0.4, -0.2) is 34.0 Å². The van der Waals surface area contributed by atoms with E-state index in [-0.39, 0.29) is 47.8 Å². The molecular formula is C38H72FeP2. The molecule has 6 saturated carbocycles. The maximum atomic E-state index is 2.85. The molecule has 242 valence electrons. The summed E-state index contributed by atoms with van der Waals surface area (Å²) in [7, 11) is 0.536. The third-order valence-electron chi connectivity index (χ3n) is 12.2. The van der Waals surface area contributed by atoms with Gasteiger partial charge in [0.15, 0.2) is 0 Å². The van der Waals surface area contributed by atoms with E-state index in [1.165, 1.54) is 49.1 Å². The molecule has 0 saturated heterocycles. The van der Waals surface area contributed by atoms with E-state index in [4.69, 9.17) is 0 Å². The third-order valence-corrected chi connectivity index (χ3v) is 20.4. The second-order valence-electron chi connectivity index (χ2n) is 14.7. The van der Waals surface area contributed by atoms with Crippen molar-refractivity contribution in [2.24, 2.45) is 5.92 Å². The minimum absolute atomic E-state index is 0. The average molecular weight is 647 g/mol. The minimum Gasteiger partial charge on any atom is -0.358 e. The summed E-state index contributed by atoms with van der Waals surface area (Å²) >= 11 is 0. The Morgan fingerprint density at radius 1 is 0.390 bits per heavy atom. The summed E-state index contributed by atoms with van der Waals surface area (Å²) in [5.74, 6) is 1.13.